The van der Waals surface area contributed by atoms with E-state index in [2.05, 4.69) is 12.0 Å². The monoisotopic (exact) mass is 261 g/mol. The third-order valence-corrected chi connectivity index (χ3v) is 3.51. The van der Waals surface area contributed by atoms with Gasteiger partial charge >= 0.3 is 0 Å². The highest BCUT2D eigenvalue weighted by Gasteiger charge is 2.18. The number of nitrogens with two attached hydrogens (primary N) is 1. The third kappa shape index (κ3) is 2.28. The highest BCUT2D eigenvalue weighted by molar-refractivity contribution is 5.45. The van der Waals surface area contributed by atoms with Crippen LogP contribution in [0.4, 0.5) is 4.39 Å². The summed E-state index contributed by atoms with van der Waals surface area (Å²) in [4.78, 5) is 0. The van der Waals surface area contributed by atoms with Gasteiger partial charge in [0.1, 0.15) is 5.82 Å². The van der Waals surface area contributed by atoms with Crippen LogP contribution in [0.1, 0.15) is 42.4 Å². The van der Waals surface area contributed by atoms with Crippen LogP contribution < -0.4 is 5.73 Å². The summed E-state index contributed by atoms with van der Waals surface area (Å²) < 4.78 is 15.8. The molecule has 0 unspecified atom stereocenters. The van der Waals surface area contributed by atoms with E-state index in [-0.39, 0.29) is 11.9 Å². The van der Waals surface area contributed by atoms with Crippen LogP contribution in [0.15, 0.2) is 18.2 Å². The fourth-order valence-corrected chi connectivity index (χ4v) is 2.58. The van der Waals surface area contributed by atoms with Crippen molar-refractivity contribution in [2.45, 2.75) is 40.2 Å². The molecule has 1 atom stereocenters. The van der Waals surface area contributed by atoms with Crippen molar-refractivity contribution in [3.05, 3.63) is 46.5 Å². The molecule has 3 nitrogen and oxygen atoms in total. The number of benzene rings is 1. The summed E-state index contributed by atoms with van der Waals surface area (Å²) in [7, 11) is 0. The van der Waals surface area contributed by atoms with Gasteiger partial charge < -0.3 is 5.73 Å². The molecule has 19 heavy (non-hydrogen) atoms. The summed E-state index contributed by atoms with van der Waals surface area (Å²) in [6.07, 6.45) is 0.917. The van der Waals surface area contributed by atoms with Gasteiger partial charge in [-0.15, -0.1) is 0 Å². The maximum Gasteiger partial charge on any atom is 0.130 e. The molecular formula is C15H20FN3. The average molecular weight is 261 g/mol. The summed E-state index contributed by atoms with van der Waals surface area (Å²) in [6.45, 7) is 7.87. The lowest BCUT2D eigenvalue weighted by Gasteiger charge is -2.15. The van der Waals surface area contributed by atoms with Gasteiger partial charge in [-0.1, -0.05) is 13.0 Å². The zero-order valence-corrected chi connectivity index (χ0v) is 11.9. The van der Waals surface area contributed by atoms with Crippen LogP contribution in [-0.2, 0) is 6.42 Å². The van der Waals surface area contributed by atoms with Gasteiger partial charge in [-0.3, -0.25) is 0 Å². The summed E-state index contributed by atoms with van der Waals surface area (Å²) in [5.74, 6) is -0.280. The first-order chi connectivity index (χ1) is 8.97. The molecule has 0 aliphatic carbocycles. The predicted molar refractivity (Wildman–Crippen MR) is 75.0 cm³/mol. The summed E-state index contributed by atoms with van der Waals surface area (Å²) in [5, 5.41) is 4.53. The lowest BCUT2D eigenvalue weighted by atomic mass is 10.1. The first kappa shape index (κ1) is 13.7. The normalized spacial score (nSPS) is 12.7. The highest BCUT2D eigenvalue weighted by Crippen LogP contribution is 2.26. The molecule has 0 aliphatic rings. The summed E-state index contributed by atoms with van der Waals surface area (Å²) in [6, 6.07) is 4.62. The van der Waals surface area contributed by atoms with E-state index < -0.39 is 0 Å². The zero-order valence-electron chi connectivity index (χ0n) is 11.9. The molecule has 0 amide bonds. The SMILES string of the molecule is CCc1c(C)nn(-c2cccc(F)c2[C@H](C)N)c1C. The Kier molecular flexibility index (Phi) is 3.71. The predicted octanol–water partition coefficient (Wildman–Crippen LogP) is 3.21. The molecule has 0 fully saturated rings. The number of halogens is 1. The van der Waals surface area contributed by atoms with E-state index in [1.165, 1.54) is 11.6 Å². The molecule has 1 aromatic carbocycles. The van der Waals surface area contributed by atoms with Crippen LogP contribution in [0.2, 0.25) is 0 Å². The molecule has 2 rings (SSSR count). The summed E-state index contributed by atoms with van der Waals surface area (Å²) in [5.41, 5.74) is 10.4. The number of nitrogens with zero attached hydrogens (tertiary/aromatic N) is 2. The maximum atomic E-state index is 14.0. The second-order valence-electron chi connectivity index (χ2n) is 4.88. The Hall–Kier alpha value is -1.68. The second-order valence-corrected chi connectivity index (χ2v) is 4.88. The van der Waals surface area contributed by atoms with Crippen molar-refractivity contribution < 1.29 is 4.39 Å². The maximum absolute atomic E-state index is 14.0. The Bertz CT molecular complexity index is 600. The van der Waals surface area contributed by atoms with E-state index in [4.69, 9.17) is 5.73 Å². The van der Waals surface area contributed by atoms with E-state index in [0.717, 1.165) is 23.5 Å². The van der Waals surface area contributed by atoms with E-state index in [1.807, 2.05) is 19.9 Å². The van der Waals surface area contributed by atoms with Crippen molar-refractivity contribution >= 4 is 0 Å². The minimum Gasteiger partial charge on any atom is -0.324 e. The molecule has 0 aliphatic heterocycles. The Labute approximate surface area is 113 Å². The highest BCUT2D eigenvalue weighted by atomic mass is 19.1. The number of aryl methyl sites for hydroxylation is 1. The van der Waals surface area contributed by atoms with Gasteiger partial charge in [-0.2, -0.15) is 5.10 Å². The number of hydrogen-bond donors (Lipinski definition) is 1. The number of aromatic nitrogens is 2. The quantitative estimate of drug-likeness (QED) is 0.922. The van der Waals surface area contributed by atoms with Crippen LogP contribution in [0, 0.1) is 19.7 Å². The molecule has 4 heteroatoms. The Morgan fingerprint density at radius 1 is 1.37 bits per heavy atom. The first-order valence-electron chi connectivity index (χ1n) is 6.56. The minimum atomic E-state index is -0.370. The van der Waals surface area contributed by atoms with Gasteiger partial charge in [0.2, 0.25) is 0 Å². The van der Waals surface area contributed by atoms with Crippen LogP contribution >= 0.6 is 0 Å². The van der Waals surface area contributed by atoms with Gasteiger partial charge in [0, 0.05) is 17.3 Å². The number of rotatable bonds is 3. The zero-order chi connectivity index (χ0) is 14.2. The fraction of sp³-hybridized carbons (Fsp3) is 0.400. The van der Waals surface area contributed by atoms with E-state index in [1.54, 1.807) is 17.7 Å². The minimum absolute atomic E-state index is 0.280. The van der Waals surface area contributed by atoms with E-state index in [9.17, 15) is 4.39 Å². The lowest BCUT2D eigenvalue weighted by molar-refractivity contribution is 0.588. The van der Waals surface area contributed by atoms with Gasteiger partial charge in [-0.25, -0.2) is 9.07 Å². The number of hydrogen-bond acceptors (Lipinski definition) is 2. The van der Waals surface area contributed by atoms with Crippen molar-refractivity contribution in [2.24, 2.45) is 5.73 Å². The van der Waals surface area contributed by atoms with Crippen LogP contribution in [0.5, 0.6) is 0 Å². The summed E-state index contributed by atoms with van der Waals surface area (Å²) >= 11 is 0. The molecule has 1 aromatic heterocycles. The molecule has 0 bridgehead atoms. The molecule has 2 N–H and O–H groups in total. The molecule has 0 spiro atoms. The van der Waals surface area contributed by atoms with Crippen LogP contribution in [-0.4, -0.2) is 9.78 Å². The fourth-order valence-electron chi connectivity index (χ4n) is 2.58. The molecule has 1 heterocycles. The van der Waals surface area contributed by atoms with Crippen molar-refractivity contribution in [3.63, 3.8) is 0 Å². The Morgan fingerprint density at radius 2 is 2.05 bits per heavy atom. The molecule has 0 radical (unpaired) electrons. The molecule has 0 saturated carbocycles. The van der Waals surface area contributed by atoms with E-state index in [0.29, 0.717) is 5.56 Å². The van der Waals surface area contributed by atoms with Crippen molar-refractivity contribution in [2.75, 3.05) is 0 Å². The molecular weight excluding hydrogens is 241 g/mol. The largest absolute Gasteiger partial charge is 0.324 e. The van der Waals surface area contributed by atoms with E-state index >= 15 is 0 Å². The van der Waals surface area contributed by atoms with Crippen molar-refractivity contribution in [1.29, 1.82) is 0 Å². The van der Waals surface area contributed by atoms with Gasteiger partial charge in [0.05, 0.1) is 11.4 Å². The van der Waals surface area contributed by atoms with Gasteiger partial charge in [0.15, 0.2) is 0 Å². The molecule has 102 valence electrons. The van der Waals surface area contributed by atoms with Crippen molar-refractivity contribution in [3.8, 4) is 5.69 Å². The van der Waals surface area contributed by atoms with Gasteiger partial charge in [-0.05, 0) is 44.9 Å². The first-order valence-corrected chi connectivity index (χ1v) is 6.56. The lowest BCUT2D eigenvalue weighted by Crippen LogP contribution is -2.13. The molecule has 2 aromatic rings. The third-order valence-electron chi connectivity index (χ3n) is 3.51. The van der Waals surface area contributed by atoms with Crippen LogP contribution in [0.3, 0.4) is 0 Å². The van der Waals surface area contributed by atoms with Crippen molar-refractivity contribution in [1.82, 2.24) is 9.78 Å². The second kappa shape index (κ2) is 5.13. The van der Waals surface area contributed by atoms with Crippen LogP contribution in [0.25, 0.3) is 5.69 Å². The molecule has 0 saturated heterocycles. The smallest absolute Gasteiger partial charge is 0.130 e. The topological polar surface area (TPSA) is 43.8 Å². The van der Waals surface area contributed by atoms with Gasteiger partial charge in [0.25, 0.3) is 0 Å². The Balaban J connectivity index is 2.69. The standard InChI is InChI=1S/C15H20FN3/c1-5-12-10(3)18-19(11(12)4)14-8-6-7-13(16)15(14)9(2)17/h6-9H,5,17H2,1-4H3/t9-/m0/s1. The average Bonchev–Trinajstić information content (AvgIpc) is 2.63. The Morgan fingerprint density at radius 3 is 2.58 bits per heavy atom.